The third-order valence-electron chi connectivity index (χ3n) is 5.05. The number of halogens is 1. The number of carbonyl (C=O) groups is 2. The predicted octanol–water partition coefficient (Wildman–Crippen LogP) is 3.49. The maximum absolute atomic E-state index is 13.1. The number of imide groups is 1. The van der Waals surface area contributed by atoms with Crippen LogP contribution < -0.4 is 4.72 Å². The minimum absolute atomic E-state index is 0.0135. The van der Waals surface area contributed by atoms with Gasteiger partial charge in [0.05, 0.1) is 17.5 Å². The normalized spacial score (nSPS) is 15.0. The number of ether oxygens (including phenoxy) is 1. The van der Waals surface area contributed by atoms with Crippen molar-refractivity contribution >= 4 is 22.0 Å². The van der Waals surface area contributed by atoms with Crippen molar-refractivity contribution in [1.82, 2.24) is 9.62 Å². The number of hydrogen-bond donors (Lipinski definition) is 1. The van der Waals surface area contributed by atoms with E-state index in [-0.39, 0.29) is 23.9 Å². The smallest absolute Gasteiger partial charge is 0.417 e. The summed E-state index contributed by atoms with van der Waals surface area (Å²) < 4.78 is 46.6. The Kier molecular flexibility index (Phi) is 6.02. The first-order chi connectivity index (χ1) is 15.3. The summed E-state index contributed by atoms with van der Waals surface area (Å²) in [5, 5.41) is 0. The summed E-state index contributed by atoms with van der Waals surface area (Å²) in [4.78, 5) is 24.7. The zero-order chi connectivity index (χ0) is 22.7. The Morgan fingerprint density at radius 1 is 0.906 bits per heavy atom. The van der Waals surface area contributed by atoms with Gasteiger partial charge in [0.25, 0.3) is 5.91 Å². The molecule has 9 heteroatoms. The molecule has 7 nitrogen and oxygen atoms in total. The Labute approximate surface area is 184 Å². The van der Waals surface area contributed by atoms with E-state index < -0.39 is 28.1 Å². The van der Waals surface area contributed by atoms with Gasteiger partial charge in [0, 0.05) is 0 Å². The molecule has 1 heterocycles. The zero-order valence-corrected chi connectivity index (χ0v) is 17.6. The fraction of sp³-hybridized carbons (Fsp3) is 0.130. The van der Waals surface area contributed by atoms with Crippen molar-refractivity contribution in [3.8, 4) is 11.1 Å². The largest absolute Gasteiger partial charge is 0.439 e. The molecule has 1 N–H and O–H groups in total. The molecule has 3 aromatic carbocycles. The van der Waals surface area contributed by atoms with Crippen LogP contribution in [-0.4, -0.2) is 38.5 Å². The van der Waals surface area contributed by atoms with Crippen molar-refractivity contribution in [2.75, 3.05) is 13.2 Å². The van der Waals surface area contributed by atoms with E-state index in [2.05, 4.69) is 4.72 Å². The number of amides is 2. The molecule has 0 radical (unpaired) electrons. The quantitative estimate of drug-likeness (QED) is 0.590. The van der Waals surface area contributed by atoms with Crippen LogP contribution in [0.3, 0.4) is 0 Å². The molecule has 2 amide bonds. The van der Waals surface area contributed by atoms with Crippen LogP contribution in [0.15, 0.2) is 83.8 Å². The van der Waals surface area contributed by atoms with E-state index in [0.717, 1.165) is 16.0 Å². The van der Waals surface area contributed by atoms with Crippen molar-refractivity contribution in [3.05, 3.63) is 90.2 Å². The molecule has 1 fully saturated rings. The molecule has 1 atom stereocenters. The Hall–Kier alpha value is -3.56. The lowest BCUT2D eigenvalue weighted by atomic mass is 10.1. The highest BCUT2D eigenvalue weighted by atomic mass is 32.2. The average molecular weight is 454 g/mol. The first kappa shape index (κ1) is 21.7. The van der Waals surface area contributed by atoms with E-state index in [1.54, 1.807) is 54.6 Å². The first-order valence-corrected chi connectivity index (χ1v) is 11.2. The van der Waals surface area contributed by atoms with E-state index in [4.69, 9.17) is 4.74 Å². The number of hydrogen-bond acceptors (Lipinski definition) is 5. The second-order valence-electron chi connectivity index (χ2n) is 7.17. The van der Waals surface area contributed by atoms with Crippen LogP contribution in [0.4, 0.5) is 9.18 Å². The summed E-state index contributed by atoms with van der Waals surface area (Å²) in [6.45, 7) is -0.563. The summed E-state index contributed by atoms with van der Waals surface area (Å²) in [5.74, 6) is -0.886. The van der Waals surface area contributed by atoms with Gasteiger partial charge >= 0.3 is 6.09 Å². The van der Waals surface area contributed by atoms with Crippen molar-refractivity contribution in [3.63, 3.8) is 0 Å². The Morgan fingerprint density at radius 2 is 1.50 bits per heavy atom. The van der Waals surface area contributed by atoms with E-state index in [9.17, 15) is 22.4 Å². The highest BCUT2D eigenvalue weighted by Crippen LogP contribution is 2.24. The van der Waals surface area contributed by atoms with Crippen LogP contribution in [0.2, 0.25) is 0 Å². The summed E-state index contributed by atoms with van der Waals surface area (Å²) in [6, 6.07) is 19.8. The van der Waals surface area contributed by atoms with E-state index >= 15 is 0 Å². The van der Waals surface area contributed by atoms with Crippen LogP contribution in [0.1, 0.15) is 11.6 Å². The van der Waals surface area contributed by atoms with E-state index in [0.29, 0.717) is 5.56 Å². The van der Waals surface area contributed by atoms with Gasteiger partial charge in [-0.15, -0.1) is 0 Å². The fourth-order valence-electron chi connectivity index (χ4n) is 3.36. The lowest BCUT2D eigenvalue weighted by Crippen LogP contribution is -2.40. The second-order valence-corrected chi connectivity index (χ2v) is 8.89. The Bertz CT molecular complexity index is 1210. The lowest BCUT2D eigenvalue weighted by molar-refractivity contribution is -0.126. The second kappa shape index (κ2) is 8.89. The molecule has 1 aliphatic rings. The number of sulfonamides is 1. The first-order valence-electron chi connectivity index (χ1n) is 9.74. The number of benzene rings is 3. The SMILES string of the molecule is O=C1COC(=O)N1CC(NS(=O)(=O)c1ccc(-c2ccc(F)cc2)cc1)c1ccccc1. The van der Waals surface area contributed by atoms with Crippen molar-refractivity contribution in [2.24, 2.45) is 0 Å². The molecular formula is C23H19FN2O5S. The summed E-state index contributed by atoms with van der Waals surface area (Å²) in [6.07, 6.45) is -0.807. The van der Waals surface area contributed by atoms with Gasteiger partial charge in [0.15, 0.2) is 6.61 Å². The summed E-state index contributed by atoms with van der Waals surface area (Å²) >= 11 is 0. The van der Waals surface area contributed by atoms with Gasteiger partial charge in [-0.25, -0.2) is 27.2 Å². The molecule has 4 rings (SSSR count). The number of cyclic esters (lactones) is 1. The van der Waals surface area contributed by atoms with Gasteiger partial charge in [-0.05, 0) is 41.0 Å². The van der Waals surface area contributed by atoms with Gasteiger partial charge in [-0.3, -0.25) is 4.79 Å². The molecule has 1 unspecified atom stereocenters. The molecule has 3 aromatic rings. The van der Waals surface area contributed by atoms with Crippen LogP contribution in [-0.2, 0) is 19.6 Å². The molecule has 32 heavy (non-hydrogen) atoms. The molecule has 0 aromatic heterocycles. The molecule has 0 bridgehead atoms. The summed E-state index contributed by atoms with van der Waals surface area (Å²) in [5.41, 5.74) is 2.07. The monoisotopic (exact) mass is 454 g/mol. The standard InChI is InChI=1S/C23H19FN2O5S/c24-19-10-6-16(7-11-19)17-8-12-20(13-9-17)32(29,30)25-21(18-4-2-1-3-5-18)14-26-22(27)15-31-23(26)28/h1-13,21,25H,14-15H2. The number of carbonyl (C=O) groups excluding carboxylic acids is 2. The van der Waals surface area contributed by atoms with E-state index in [1.165, 1.54) is 24.3 Å². The molecule has 0 aliphatic carbocycles. The van der Waals surface area contributed by atoms with Gasteiger partial charge in [0.1, 0.15) is 5.82 Å². The van der Waals surface area contributed by atoms with Gasteiger partial charge in [-0.2, -0.15) is 0 Å². The minimum atomic E-state index is -3.99. The van der Waals surface area contributed by atoms with Crippen LogP contribution >= 0.6 is 0 Å². The topological polar surface area (TPSA) is 92.8 Å². The highest BCUT2D eigenvalue weighted by Gasteiger charge is 2.34. The van der Waals surface area contributed by atoms with Crippen molar-refractivity contribution in [2.45, 2.75) is 10.9 Å². The van der Waals surface area contributed by atoms with Crippen molar-refractivity contribution < 1.29 is 27.1 Å². The molecule has 0 spiro atoms. The number of rotatable bonds is 7. The third-order valence-corrected chi connectivity index (χ3v) is 6.53. The third kappa shape index (κ3) is 4.68. The van der Waals surface area contributed by atoms with Gasteiger partial charge in [-0.1, -0.05) is 54.6 Å². The van der Waals surface area contributed by atoms with Gasteiger partial charge in [0.2, 0.25) is 10.0 Å². The Morgan fingerprint density at radius 3 is 2.06 bits per heavy atom. The van der Waals surface area contributed by atoms with Crippen LogP contribution in [0.25, 0.3) is 11.1 Å². The average Bonchev–Trinajstić information content (AvgIpc) is 3.12. The number of nitrogens with one attached hydrogen (secondary N) is 1. The van der Waals surface area contributed by atoms with Crippen LogP contribution in [0.5, 0.6) is 0 Å². The van der Waals surface area contributed by atoms with Crippen LogP contribution in [0, 0.1) is 5.82 Å². The van der Waals surface area contributed by atoms with Gasteiger partial charge < -0.3 is 4.74 Å². The summed E-state index contributed by atoms with van der Waals surface area (Å²) in [7, 11) is -3.99. The zero-order valence-electron chi connectivity index (χ0n) is 16.8. The highest BCUT2D eigenvalue weighted by molar-refractivity contribution is 7.89. The van der Waals surface area contributed by atoms with Crippen molar-refractivity contribution in [1.29, 1.82) is 0 Å². The lowest BCUT2D eigenvalue weighted by Gasteiger charge is -2.22. The minimum Gasteiger partial charge on any atom is -0.439 e. The molecule has 1 saturated heterocycles. The number of nitrogens with zero attached hydrogens (tertiary/aromatic N) is 1. The van der Waals surface area contributed by atoms with E-state index in [1.807, 2.05) is 0 Å². The predicted molar refractivity (Wildman–Crippen MR) is 114 cm³/mol. The fourth-order valence-corrected chi connectivity index (χ4v) is 4.58. The Balaban J connectivity index is 1.58. The maximum Gasteiger partial charge on any atom is 0.417 e. The maximum atomic E-state index is 13.1. The molecule has 164 valence electrons. The molecule has 1 aliphatic heterocycles. The molecular weight excluding hydrogens is 435 g/mol. The molecule has 0 saturated carbocycles.